The number of aliphatic hydroxyl groups is 1. The van der Waals surface area contributed by atoms with Crippen LogP contribution in [0.2, 0.25) is 19.6 Å². The number of benzene rings is 3. The molecule has 3 aliphatic rings. The molecule has 6 atom stereocenters. The van der Waals surface area contributed by atoms with Crippen LogP contribution in [0, 0.1) is 28.7 Å². The second-order valence-corrected chi connectivity index (χ2v) is 18.6. The van der Waals surface area contributed by atoms with Crippen LogP contribution >= 0.6 is 0 Å². The molecular formula is C37H44O3Si. The van der Waals surface area contributed by atoms with Gasteiger partial charge in [0.1, 0.15) is 26.0 Å². The molecule has 214 valence electrons. The third kappa shape index (κ3) is 5.78. The summed E-state index contributed by atoms with van der Waals surface area (Å²) in [4.78, 5) is 0. The number of fused-ring (bicyclic) bond motifs is 5. The van der Waals surface area contributed by atoms with Crippen molar-refractivity contribution in [3.05, 3.63) is 101 Å². The highest BCUT2D eigenvalue weighted by atomic mass is 28.3. The Morgan fingerprint density at radius 2 is 1.56 bits per heavy atom. The van der Waals surface area contributed by atoms with Gasteiger partial charge in [-0.05, 0) is 78.3 Å². The van der Waals surface area contributed by atoms with Crippen LogP contribution in [0.25, 0.3) is 0 Å². The van der Waals surface area contributed by atoms with E-state index >= 15 is 0 Å². The predicted octanol–water partition coefficient (Wildman–Crippen LogP) is 7.93. The molecule has 3 aromatic carbocycles. The van der Waals surface area contributed by atoms with Gasteiger partial charge in [0.2, 0.25) is 0 Å². The van der Waals surface area contributed by atoms with Crippen LogP contribution in [-0.4, -0.2) is 24.9 Å². The van der Waals surface area contributed by atoms with Crippen LogP contribution < -0.4 is 4.74 Å². The number of aryl methyl sites for hydroxylation is 1. The first-order chi connectivity index (χ1) is 19.6. The first-order valence-electron chi connectivity index (χ1n) is 15.4. The molecule has 0 unspecified atom stereocenters. The van der Waals surface area contributed by atoms with Gasteiger partial charge in [0, 0.05) is 11.3 Å². The normalized spacial score (nSPS) is 30.4. The monoisotopic (exact) mass is 564 g/mol. The lowest BCUT2D eigenvalue weighted by atomic mass is 9.50. The van der Waals surface area contributed by atoms with Crippen molar-refractivity contribution in [2.45, 2.75) is 89.5 Å². The predicted molar refractivity (Wildman–Crippen MR) is 168 cm³/mol. The van der Waals surface area contributed by atoms with Crippen molar-refractivity contribution in [1.29, 1.82) is 0 Å². The molecule has 3 nitrogen and oxygen atoms in total. The average molecular weight is 565 g/mol. The van der Waals surface area contributed by atoms with E-state index in [4.69, 9.17) is 9.47 Å². The number of hydrogen-bond acceptors (Lipinski definition) is 3. The van der Waals surface area contributed by atoms with Gasteiger partial charge in [0.15, 0.2) is 0 Å². The Balaban J connectivity index is 1.30. The fraction of sp³-hybridized carbons (Fsp3) is 0.459. The Morgan fingerprint density at radius 3 is 2.24 bits per heavy atom. The summed E-state index contributed by atoms with van der Waals surface area (Å²) in [5, 5.41) is 12.7. The largest absolute Gasteiger partial charge is 0.489 e. The Labute approximate surface area is 247 Å². The average Bonchev–Trinajstić information content (AvgIpc) is 3.29. The van der Waals surface area contributed by atoms with Gasteiger partial charge < -0.3 is 14.6 Å². The van der Waals surface area contributed by atoms with Gasteiger partial charge in [-0.2, -0.15) is 0 Å². The van der Waals surface area contributed by atoms with E-state index in [9.17, 15) is 5.11 Å². The van der Waals surface area contributed by atoms with Gasteiger partial charge in [-0.1, -0.05) is 99.2 Å². The Bertz CT molecular complexity index is 1420. The lowest BCUT2D eigenvalue weighted by Gasteiger charge is -2.56. The summed E-state index contributed by atoms with van der Waals surface area (Å²) in [7, 11) is -1.69. The third-order valence-corrected chi connectivity index (χ3v) is 10.7. The van der Waals surface area contributed by atoms with Gasteiger partial charge in [-0.3, -0.25) is 0 Å². The molecule has 0 amide bonds. The smallest absolute Gasteiger partial charge is 0.132 e. The molecule has 41 heavy (non-hydrogen) atoms. The Kier molecular flexibility index (Phi) is 7.66. The summed E-state index contributed by atoms with van der Waals surface area (Å²) in [5.41, 5.74) is 7.37. The van der Waals surface area contributed by atoms with Crippen molar-refractivity contribution >= 4 is 8.07 Å². The number of ether oxygens (including phenoxy) is 2. The molecule has 2 saturated carbocycles. The van der Waals surface area contributed by atoms with E-state index in [1.54, 1.807) is 0 Å². The maximum atomic E-state index is 12.7. The van der Waals surface area contributed by atoms with E-state index in [0.29, 0.717) is 31.5 Å². The molecule has 1 N–H and O–H groups in total. The molecular weight excluding hydrogens is 520 g/mol. The van der Waals surface area contributed by atoms with Crippen LogP contribution in [0.1, 0.15) is 60.8 Å². The van der Waals surface area contributed by atoms with E-state index in [1.165, 1.54) is 16.7 Å². The minimum absolute atomic E-state index is 0.0178. The van der Waals surface area contributed by atoms with E-state index in [-0.39, 0.29) is 17.4 Å². The van der Waals surface area contributed by atoms with E-state index in [0.717, 1.165) is 37.0 Å². The lowest BCUT2D eigenvalue weighted by Crippen LogP contribution is -2.56. The Morgan fingerprint density at radius 1 is 0.878 bits per heavy atom. The quantitative estimate of drug-likeness (QED) is 0.244. The third-order valence-electron chi connectivity index (χ3n) is 9.83. The molecule has 4 heteroatoms. The van der Waals surface area contributed by atoms with E-state index < -0.39 is 13.7 Å². The number of rotatable bonds is 6. The molecule has 0 spiro atoms. The highest BCUT2D eigenvalue weighted by Gasteiger charge is 2.63. The van der Waals surface area contributed by atoms with Crippen LogP contribution in [0.5, 0.6) is 5.75 Å². The van der Waals surface area contributed by atoms with Crippen molar-refractivity contribution in [2.75, 3.05) is 0 Å². The van der Waals surface area contributed by atoms with Crippen LogP contribution in [0.4, 0.5) is 0 Å². The minimum atomic E-state index is -1.69. The van der Waals surface area contributed by atoms with Crippen molar-refractivity contribution in [3.63, 3.8) is 0 Å². The van der Waals surface area contributed by atoms with Crippen molar-refractivity contribution in [2.24, 2.45) is 17.3 Å². The van der Waals surface area contributed by atoms with E-state index in [2.05, 4.69) is 92.6 Å². The zero-order chi connectivity index (χ0) is 28.7. The second kappa shape index (κ2) is 11.1. The zero-order valence-electron chi connectivity index (χ0n) is 25.0. The molecule has 3 aliphatic carbocycles. The highest BCUT2D eigenvalue weighted by molar-refractivity contribution is 6.83. The summed E-state index contributed by atoms with van der Waals surface area (Å²) < 4.78 is 12.9. The second-order valence-electron chi connectivity index (χ2n) is 13.9. The highest BCUT2D eigenvalue weighted by Crippen LogP contribution is 2.64. The SMILES string of the molecule is C[C@]12C[C@@](O)(C#C[Si](C)(C)C)[C@@H]3c4ccc(OCc5ccccc5)cc4CC[C@H]3[C@@H]1CC[C@@H]2OCc1ccccc1. The van der Waals surface area contributed by atoms with Gasteiger partial charge in [0.05, 0.1) is 12.7 Å². The molecule has 0 heterocycles. The maximum Gasteiger partial charge on any atom is 0.132 e. The van der Waals surface area contributed by atoms with E-state index in [1.807, 2.05) is 24.3 Å². The summed E-state index contributed by atoms with van der Waals surface area (Å²) in [6.07, 6.45) is 5.08. The molecule has 2 fully saturated rings. The van der Waals surface area contributed by atoms with Crippen molar-refractivity contribution in [1.82, 2.24) is 0 Å². The topological polar surface area (TPSA) is 38.7 Å². The lowest BCUT2D eigenvalue weighted by molar-refractivity contribution is -0.129. The molecule has 6 rings (SSSR count). The first kappa shape index (κ1) is 28.3. The van der Waals surface area contributed by atoms with Crippen LogP contribution in [-0.2, 0) is 24.4 Å². The van der Waals surface area contributed by atoms with Crippen molar-refractivity contribution in [3.8, 4) is 17.2 Å². The fourth-order valence-corrected chi connectivity index (χ4v) is 8.62. The van der Waals surface area contributed by atoms with Gasteiger partial charge >= 0.3 is 0 Å². The molecule has 0 radical (unpaired) electrons. The maximum absolute atomic E-state index is 12.7. The molecule has 0 aromatic heterocycles. The van der Waals surface area contributed by atoms with Gasteiger partial charge in [-0.15, -0.1) is 5.54 Å². The molecule has 0 bridgehead atoms. The Hall–Kier alpha value is -2.84. The summed E-state index contributed by atoms with van der Waals surface area (Å²) >= 11 is 0. The zero-order valence-corrected chi connectivity index (χ0v) is 26.0. The molecule has 3 aromatic rings. The van der Waals surface area contributed by atoms with Crippen LogP contribution in [0.3, 0.4) is 0 Å². The van der Waals surface area contributed by atoms with Crippen LogP contribution in [0.15, 0.2) is 78.9 Å². The summed E-state index contributed by atoms with van der Waals surface area (Å²) in [6.45, 7) is 10.4. The van der Waals surface area contributed by atoms with Gasteiger partial charge in [0.25, 0.3) is 0 Å². The van der Waals surface area contributed by atoms with Gasteiger partial charge in [-0.25, -0.2) is 0 Å². The van der Waals surface area contributed by atoms with Crippen molar-refractivity contribution < 1.29 is 14.6 Å². The molecule has 0 aliphatic heterocycles. The standard InChI is InChI=1S/C37H44O3Si/c1-36-26-37(38,21-22-41(2,3)4)35-31-18-16-30(39-24-27-11-7-5-8-12-27)23-29(31)15-17-32(35)33(36)19-20-34(36)40-25-28-13-9-6-10-14-28/h5-14,16,18,23,32-35,38H,15,17,19-20,24-26H2,1-4H3/t32-,33-,34-,35+,36-,37-/m0/s1. The molecule has 0 saturated heterocycles. The summed E-state index contributed by atoms with van der Waals surface area (Å²) in [6, 6.07) is 27.3. The summed E-state index contributed by atoms with van der Waals surface area (Å²) in [5.74, 6) is 5.38. The number of hydrogen-bond donors (Lipinski definition) is 1. The minimum Gasteiger partial charge on any atom is -0.489 e. The first-order valence-corrected chi connectivity index (χ1v) is 18.9. The fourth-order valence-electron chi connectivity index (χ4n) is 8.03.